The van der Waals surface area contributed by atoms with Gasteiger partial charge in [0, 0.05) is 28.3 Å². The minimum atomic E-state index is -0.353. The summed E-state index contributed by atoms with van der Waals surface area (Å²) in [5, 5.41) is 14.3. The minimum Gasteiger partial charge on any atom is -0.381 e. The average molecular weight is 349 g/mol. The Morgan fingerprint density at radius 1 is 1.19 bits per heavy atom. The van der Waals surface area contributed by atoms with Crippen LogP contribution in [0.25, 0.3) is 0 Å². The Hall–Kier alpha value is -1.88. The predicted molar refractivity (Wildman–Crippen MR) is 88.6 cm³/mol. The number of nitrogens with zero attached hydrogens (tertiary/aromatic N) is 1. The maximum atomic E-state index is 11.0. The zero-order chi connectivity index (χ0) is 15.2. The Morgan fingerprint density at radius 2 is 1.90 bits per heavy atom. The molecule has 2 rings (SSSR count). The lowest BCUT2D eigenvalue weighted by atomic mass is 10.1. The van der Waals surface area contributed by atoms with Crippen molar-refractivity contribution in [3.8, 4) is 0 Å². The highest BCUT2D eigenvalue weighted by Crippen LogP contribution is 2.24. The molecule has 0 aliphatic rings. The highest BCUT2D eigenvalue weighted by Gasteiger charge is 2.13. The molecule has 0 saturated carbocycles. The van der Waals surface area contributed by atoms with Crippen molar-refractivity contribution in [2.45, 2.75) is 26.3 Å². The third-order valence-corrected chi connectivity index (χ3v) is 3.71. The van der Waals surface area contributed by atoms with Gasteiger partial charge in [0.25, 0.3) is 5.69 Å². The van der Waals surface area contributed by atoms with E-state index in [-0.39, 0.29) is 10.6 Å². The highest BCUT2D eigenvalue weighted by molar-refractivity contribution is 9.10. The van der Waals surface area contributed by atoms with Crippen LogP contribution >= 0.6 is 15.9 Å². The van der Waals surface area contributed by atoms with E-state index < -0.39 is 0 Å². The molecule has 0 aliphatic carbocycles. The van der Waals surface area contributed by atoms with Crippen LogP contribution in [0.4, 0.5) is 11.4 Å². The van der Waals surface area contributed by atoms with Crippen molar-refractivity contribution in [1.82, 2.24) is 0 Å². The number of hydrogen-bond donors (Lipinski definition) is 1. The zero-order valence-corrected chi connectivity index (χ0v) is 13.4. The normalized spacial score (nSPS) is 10.4. The Labute approximate surface area is 132 Å². The molecule has 0 unspecified atom stereocenters. The standard InChI is InChI=1S/C16H17BrN2O2/c1-2-3-12-4-7-15(8-5-12)18-11-13-10-14(17)6-9-16(13)19(20)21/h4-10,18H,2-3,11H2,1H3. The largest absolute Gasteiger partial charge is 0.381 e. The molecule has 5 heteroatoms. The van der Waals surface area contributed by atoms with Gasteiger partial charge in [0.15, 0.2) is 0 Å². The molecule has 0 radical (unpaired) electrons. The second kappa shape index (κ2) is 7.22. The van der Waals surface area contributed by atoms with E-state index in [2.05, 4.69) is 40.3 Å². The van der Waals surface area contributed by atoms with Crippen molar-refractivity contribution in [1.29, 1.82) is 0 Å². The van der Waals surface area contributed by atoms with Crippen molar-refractivity contribution in [2.24, 2.45) is 0 Å². The van der Waals surface area contributed by atoms with Gasteiger partial charge in [-0.2, -0.15) is 0 Å². The molecule has 21 heavy (non-hydrogen) atoms. The number of benzene rings is 2. The van der Waals surface area contributed by atoms with E-state index >= 15 is 0 Å². The predicted octanol–water partition coefficient (Wildman–Crippen LogP) is 4.92. The Bertz CT molecular complexity index is 627. The third-order valence-electron chi connectivity index (χ3n) is 3.21. The molecule has 110 valence electrons. The van der Waals surface area contributed by atoms with Crippen LogP contribution in [0, 0.1) is 10.1 Å². The summed E-state index contributed by atoms with van der Waals surface area (Å²) in [4.78, 5) is 10.7. The number of nitro groups is 1. The number of aryl methyl sites for hydroxylation is 1. The molecule has 4 nitrogen and oxygen atoms in total. The van der Waals surface area contributed by atoms with Gasteiger partial charge in [-0.25, -0.2) is 0 Å². The lowest BCUT2D eigenvalue weighted by molar-refractivity contribution is -0.385. The number of anilines is 1. The number of rotatable bonds is 6. The summed E-state index contributed by atoms with van der Waals surface area (Å²) in [6.07, 6.45) is 2.19. The molecule has 0 amide bonds. The van der Waals surface area contributed by atoms with Crippen molar-refractivity contribution in [3.05, 3.63) is 68.2 Å². The maximum absolute atomic E-state index is 11.0. The summed E-state index contributed by atoms with van der Waals surface area (Å²) in [6.45, 7) is 2.57. The first-order valence-corrected chi connectivity index (χ1v) is 7.65. The summed E-state index contributed by atoms with van der Waals surface area (Å²) in [5.74, 6) is 0. The van der Waals surface area contributed by atoms with E-state index in [0.717, 1.165) is 23.0 Å². The number of nitrogens with one attached hydrogen (secondary N) is 1. The summed E-state index contributed by atoms with van der Waals surface area (Å²) in [7, 11) is 0. The monoisotopic (exact) mass is 348 g/mol. The molecule has 0 aliphatic heterocycles. The molecule has 1 N–H and O–H groups in total. The molecule has 2 aromatic carbocycles. The molecular weight excluding hydrogens is 332 g/mol. The van der Waals surface area contributed by atoms with Gasteiger partial charge in [-0.05, 0) is 36.2 Å². The van der Waals surface area contributed by atoms with Crippen LogP contribution in [-0.4, -0.2) is 4.92 Å². The topological polar surface area (TPSA) is 55.2 Å². The first-order valence-electron chi connectivity index (χ1n) is 6.85. The van der Waals surface area contributed by atoms with Crippen LogP contribution in [0.1, 0.15) is 24.5 Å². The van der Waals surface area contributed by atoms with E-state index in [9.17, 15) is 10.1 Å². The van der Waals surface area contributed by atoms with E-state index in [1.165, 1.54) is 11.6 Å². The Balaban J connectivity index is 2.08. The fourth-order valence-electron chi connectivity index (χ4n) is 2.15. The van der Waals surface area contributed by atoms with Crippen molar-refractivity contribution < 1.29 is 4.92 Å². The van der Waals surface area contributed by atoms with Gasteiger partial charge in [0.2, 0.25) is 0 Å². The van der Waals surface area contributed by atoms with Crippen molar-refractivity contribution in [2.75, 3.05) is 5.32 Å². The molecule has 2 aromatic rings. The van der Waals surface area contributed by atoms with E-state index in [0.29, 0.717) is 12.1 Å². The van der Waals surface area contributed by atoms with Crippen LogP contribution in [0.3, 0.4) is 0 Å². The lowest BCUT2D eigenvalue weighted by Gasteiger charge is -2.08. The van der Waals surface area contributed by atoms with Gasteiger partial charge in [0.1, 0.15) is 0 Å². The first-order chi connectivity index (χ1) is 10.1. The molecule has 0 heterocycles. The number of hydrogen-bond acceptors (Lipinski definition) is 3. The molecular formula is C16H17BrN2O2. The smallest absolute Gasteiger partial charge is 0.274 e. The summed E-state index contributed by atoms with van der Waals surface area (Å²) in [5.41, 5.74) is 3.06. The highest BCUT2D eigenvalue weighted by atomic mass is 79.9. The number of nitro benzene ring substituents is 1. The van der Waals surface area contributed by atoms with Crippen molar-refractivity contribution >= 4 is 27.3 Å². The van der Waals surface area contributed by atoms with E-state index in [4.69, 9.17) is 0 Å². The van der Waals surface area contributed by atoms with Gasteiger partial charge in [0.05, 0.1) is 4.92 Å². The minimum absolute atomic E-state index is 0.133. The van der Waals surface area contributed by atoms with Crippen LogP contribution in [-0.2, 0) is 13.0 Å². The molecule has 0 atom stereocenters. The third kappa shape index (κ3) is 4.29. The van der Waals surface area contributed by atoms with Gasteiger partial charge in [-0.1, -0.05) is 41.4 Å². The average Bonchev–Trinajstić information content (AvgIpc) is 2.46. The van der Waals surface area contributed by atoms with Crippen LogP contribution in [0.5, 0.6) is 0 Å². The quantitative estimate of drug-likeness (QED) is 0.595. The summed E-state index contributed by atoms with van der Waals surface area (Å²) in [6, 6.07) is 13.2. The van der Waals surface area contributed by atoms with Gasteiger partial charge >= 0.3 is 0 Å². The molecule has 0 aromatic heterocycles. The Morgan fingerprint density at radius 3 is 2.52 bits per heavy atom. The SMILES string of the molecule is CCCc1ccc(NCc2cc(Br)ccc2[N+](=O)[O-])cc1. The molecule has 0 bridgehead atoms. The van der Waals surface area contributed by atoms with E-state index in [1.54, 1.807) is 12.1 Å². The Kier molecular flexibility index (Phi) is 5.33. The second-order valence-electron chi connectivity index (χ2n) is 4.83. The van der Waals surface area contributed by atoms with Gasteiger partial charge < -0.3 is 5.32 Å². The summed E-state index contributed by atoms with van der Waals surface area (Å²) >= 11 is 3.35. The van der Waals surface area contributed by atoms with Crippen LogP contribution < -0.4 is 5.32 Å². The first kappa shape index (κ1) is 15.5. The van der Waals surface area contributed by atoms with Gasteiger partial charge in [-0.15, -0.1) is 0 Å². The molecule has 0 saturated heterocycles. The van der Waals surface area contributed by atoms with E-state index in [1.807, 2.05) is 12.1 Å². The van der Waals surface area contributed by atoms with Crippen LogP contribution in [0.2, 0.25) is 0 Å². The van der Waals surface area contributed by atoms with Gasteiger partial charge in [-0.3, -0.25) is 10.1 Å². The maximum Gasteiger partial charge on any atom is 0.274 e. The fourth-order valence-corrected chi connectivity index (χ4v) is 2.56. The number of halogens is 1. The second-order valence-corrected chi connectivity index (χ2v) is 5.75. The fraction of sp³-hybridized carbons (Fsp3) is 0.250. The molecule has 0 fully saturated rings. The van der Waals surface area contributed by atoms with Crippen LogP contribution in [0.15, 0.2) is 46.9 Å². The lowest BCUT2D eigenvalue weighted by Crippen LogP contribution is -2.03. The van der Waals surface area contributed by atoms with Crippen molar-refractivity contribution in [3.63, 3.8) is 0 Å². The zero-order valence-electron chi connectivity index (χ0n) is 11.8. The summed E-state index contributed by atoms with van der Waals surface area (Å²) < 4.78 is 0.836. The molecule has 0 spiro atoms.